The van der Waals surface area contributed by atoms with Gasteiger partial charge in [-0.05, 0) is 35.4 Å². The largest absolute Gasteiger partial charge is 0.461 e. The number of hydrogen-bond acceptors (Lipinski definition) is 7. The van der Waals surface area contributed by atoms with Crippen LogP contribution in [0.5, 0.6) is 0 Å². The molecule has 9 heteroatoms. The van der Waals surface area contributed by atoms with Gasteiger partial charge in [-0.25, -0.2) is 4.68 Å². The third kappa shape index (κ3) is 2.80. The van der Waals surface area contributed by atoms with Gasteiger partial charge in [-0.2, -0.15) is 0 Å². The zero-order chi connectivity index (χ0) is 16.4. The molecule has 0 fully saturated rings. The minimum Gasteiger partial charge on any atom is -0.461 e. The molecule has 0 radical (unpaired) electrons. The summed E-state index contributed by atoms with van der Waals surface area (Å²) in [5, 5.41) is 18.4. The Morgan fingerprint density at radius 1 is 1.38 bits per heavy atom. The number of furan rings is 1. The first kappa shape index (κ1) is 14.6. The number of nitrogens with one attached hydrogen (secondary N) is 1. The number of hydrogen-bond donors (Lipinski definition) is 1. The number of amides is 1. The van der Waals surface area contributed by atoms with Gasteiger partial charge in [0.05, 0.1) is 18.7 Å². The molecule has 1 aliphatic heterocycles. The predicted molar refractivity (Wildman–Crippen MR) is 80.5 cm³/mol. The van der Waals surface area contributed by atoms with Crippen LogP contribution in [-0.2, 0) is 17.9 Å². The van der Waals surface area contributed by atoms with Crippen molar-refractivity contribution in [1.82, 2.24) is 30.7 Å². The van der Waals surface area contributed by atoms with Crippen molar-refractivity contribution >= 4 is 5.91 Å². The molecule has 1 amide bonds. The van der Waals surface area contributed by atoms with Gasteiger partial charge in [-0.3, -0.25) is 4.79 Å². The lowest BCUT2D eigenvalue weighted by atomic mass is 10.0. The molecule has 0 aliphatic carbocycles. The number of nitrogens with zero attached hydrogens (tertiary/aromatic N) is 5. The van der Waals surface area contributed by atoms with E-state index in [9.17, 15) is 4.79 Å². The third-order valence-electron chi connectivity index (χ3n) is 4.07. The topological polar surface area (TPSA) is 112 Å². The van der Waals surface area contributed by atoms with Crippen molar-refractivity contribution in [2.45, 2.75) is 38.3 Å². The maximum atomic E-state index is 12.5. The first-order valence-electron chi connectivity index (χ1n) is 7.84. The fourth-order valence-electron chi connectivity index (χ4n) is 2.84. The zero-order valence-electron chi connectivity index (χ0n) is 12.9. The molecule has 1 N–H and O–H groups in total. The lowest BCUT2D eigenvalue weighted by Crippen LogP contribution is -2.30. The second-order valence-electron chi connectivity index (χ2n) is 5.69. The van der Waals surface area contributed by atoms with E-state index in [-0.39, 0.29) is 18.4 Å². The Bertz CT molecular complexity index is 822. The minimum atomic E-state index is -0.334. The van der Waals surface area contributed by atoms with Crippen LogP contribution in [0.3, 0.4) is 0 Å². The van der Waals surface area contributed by atoms with Crippen LogP contribution in [0.1, 0.15) is 36.7 Å². The Labute approximate surface area is 137 Å². The molecule has 124 valence electrons. The minimum absolute atomic E-state index is 0.101. The highest BCUT2D eigenvalue weighted by Crippen LogP contribution is 2.24. The van der Waals surface area contributed by atoms with E-state index < -0.39 is 0 Å². The number of rotatable bonds is 4. The van der Waals surface area contributed by atoms with Gasteiger partial charge in [0.25, 0.3) is 0 Å². The number of carbonyl (C=O) groups is 1. The molecular weight excluding hydrogens is 312 g/mol. The van der Waals surface area contributed by atoms with Crippen molar-refractivity contribution in [2.75, 3.05) is 0 Å². The van der Waals surface area contributed by atoms with E-state index in [0.29, 0.717) is 23.0 Å². The van der Waals surface area contributed by atoms with Gasteiger partial charge in [0.1, 0.15) is 5.69 Å². The molecule has 0 saturated heterocycles. The SMILES string of the molecule is O=C(NCc1cc(-c2ccco2)on1)[C@H]1CCCCn2nnnc21. The molecule has 1 aliphatic rings. The maximum absolute atomic E-state index is 12.5. The summed E-state index contributed by atoms with van der Waals surface area (Å²) in [6.45, 7) is 1.03. The van der Waals surface area contributed by atoms with Crippen molar-refractivity contribution in [2.24, 2.45) is 0 Å². The molecular formula is C15H16N6O3. The summed E-state index contributed by atoms with van der Waals surface area (Å²) >= 11 is 0. The summed E-state index contributed by atoms with van der Waals surface area (Å²) in [6, 6.07) is 5.31. The lowest BCUT2D eigenvalue weighted by Gasteiger charge is -2.12. The Morgan fingerprint density at radius 2 is 2.33 bits per heavy atom. The lowest BCUT2D eigenvalue weighted by molar-refractivity contribution is -0.123. The fraction of sp³-hybridized carbons (Fsp3) is 0.400. The molecule has 24 heavy (non-hydrogen) atoms. The molecule has 1 atom stereocenters. The molecule has 4 rings (SSSR count). The average molecular weight is 328 g/mol. The standard InChI is InChI=1S/C15H16N6O3/c22-15(11-4-1-2-6-21-14(11)17-19-20-21)16-9-10-8-13(24-18-10)12-5-3-7-23-12/h3,5,7-8,11H,1-2,4,6,9H2,(H,16,22)/t11-/m0/s1. The molecule has 0 saturated carbocycles. The van der Waals surface area contributed by atoms with E-state index in [4.69, 9.17) is 8.94 Å². The quantitative estimate of drug-likeness (QED) is 0.772. The van der Waals surface area contributed by atoms with Crippen molar-refractivity contribution < 1.29 is 13.7 Å². The first-order valence-corrected chi connectivity index (χ1v) is 7.84. The highest BCUT2D eigenvalue weighted by molar-refractivity contribution is 5.82. The Balaban J connectivity index is 1.42. The van der Waals surface area contributed by atoms with E-state index in [2.05, 4.69) is 26.0 Å². The van der Waals surface area contributed by atoms with Gasteiger partial charge < -0.3 is 14.3 Å². The van der Waals surface area contributed by atoms with Gasteiger partial charge in [-0.15, -0.1) is 5.10 Å². The van der Waals surface area contributed by atoms with Gasteiger partial charge >= 0.3 is 0 Å². The number of tetrazole rings is 1. The van der Waals surface area contributed by atoms with Crippen molar-refractivity contribution in [3.63, 3.8) is 0 Å². The summed E-state index contributed by atoms with van der Waals surface area (Å²) in [5.74, 6) is 1.32. The maximum Gasteiger partial charge on any atom is 0.231 e. The molecule has 0 unspecified atom stereocenters. The molecule has 3 aromatic heterocycles. The third-order valence-corrected chi connectivity index (χ3v) is 4.07. The summed E-state index contributed by atoms with van der Waals surface area (Å²) < 4.78 is 12.2. The summed E-state index contributed by atoms with van der Waals surface area (Å²) in [5.41, 5.74) is 0.628. The zero-order valence-corrected chi connectivity index (χ0v) is 12.9. The number of aromatic nitrogens is 5. The van der Waals surface area contributed by atoms with Gasteiger partial charge in [0.2, 0.25) is 11.7 Å². The van der Waals surface area contributed by atoms with Crippen LogP contribution in [0.25, 0.3) is 11.5 Å². The Hall–Kier alpha value is -2.97. The number of aryl methyl sites for hydroxylation is 1. The molecule has 9 nitrogen and oxygen atoms in total. The van der Waals surface area contributed by atoms with Crippen LogP contribution in [-0.4, -0.2) is 31.3 Å². The highest BCUT2D eigenvalue weighted by Gasteiger charge is 2.28. The number of carbonyl (C=O) groups excluding carboxylic acids is 1. The molecule has 0 aromatic carbocycles. The normalized spacial score (nSPS) is 17.2. The van der Waals surface area contributed by atoms with Crippen LogP contribution in [0.4, 0.5) is 0 Å². The van der Waals surface area contributed by atoms with Crippen LogP contribution in [0.2, 0.25) is 0 Å². The summed E-state index contributed by atoms with van der Waals surface area (Å²) in [6.07, 6.45) is 4.23. The fourth-order valence-corrected chi connectivity index (χ4v) is 2.84. The molecule has 0 bridgehead atoms. The van der Waals surface area contributed by atoms with E-state index in [1.54, 1.807) is 29.1 Å². The van der Waals surface area contributed by atoms with Gasteiger partial charge in [0.15, 0.2) is 11.6 Å². The predicted octanol–water partition coefficient (Wildman–Crippen LogP) is 1.50. The van der Waals surface area contributed by atoms with E-state index in [0.717, 1.165) is 25.8 Å². The molecule has 0 spiro atoms. The van der Waals surface area contributed by atoms with Crippen LogP contribution in [0.15, 0.2) is 33.4 Å². The van der Waals surface area contributed by atoms with Crippen molar-refractivity contribution in [3.8, 4) is 11.5 Å². The molecule has 3 aromatic rings. The Kier molecular flexibility index (Phi) is 3.81. The number of fused-ring (bicyclic) bond motifs is 1. The van der Waals surface area contributed by atoms with Crippen LogP contribution in [0, 0.1) is 0 Å². The van der Waals surface area contributed by atoms with Crippen LogP contribution < -0.4 is 5.32 Å². The highest BCUT2D eigenvalue weighted by atomic mass is 16.5. The van der Waals surface area contributed by atoms with E-state index in [1.807, 2.05) is 0 Å². The summed E-state index contributed by atoms with van der Waals surface area (Å²) in [7, 11) is 0. The van der Waals surface area contributed by atoms with Gasteiger partial charge in [-0.1, -0.05) is 11.6 Å². The van der Waals surface area contributed by atoms with Crippen molar-refractivity contribution in [3.05, 3.63) is 36.0 Å². The average Bonchev–Trinajstić information content (AvgIpc) is 3.32. The van der Waals surface area contributed by atoms with E-state index in [1.165, 1.54) is 0 Å². The van der Waals surface area contributed by atoms with E-state index >= 15 is 0 Å². The molecule has 4 heterocycles. The summed E-state index contributed by atoms with van der Waals surface area (Å²) in [4.78, 5) is 12.5. The van der Waals surface area contributed by atoms with Gasteiger partial charge in [0, 0.05) is 12.6 Å². The second kappa shape index (κ2) is 6.26. The second-order valence-corrected chi connectivity index (χ2v) is 5.69. The van der Waals surface area contributed by atoms with Crippen LogP contribution >= 0.6 is 0 Å². The first-order chi connectivity index (χ1) is 11.8. The monoisotopic (exact) mass is 328 g/mol. The smallest absolute Gasteiger partial charge is 0.231 e. The van der Waals surface area contributed by atoms with Crippen molar-refractivity contribution in [1.29, 1.82) is 0 Å². The Morgan fingerprint density at radius 3 is 3.21 bits per heavy atom.